The predicted octanol–water partition coefficient (Wildman–Crippen LogP) is 2.67. The summed E-state index contributed by atoms with van der Waals surface area (Å²) < 4.78 is 15.4. The van der Waals surface area contributed by atoms with Crippen LogP contribution in [0.2, 0.25) is 5.02 Å². The molecule has 3 nitrogen and oxygen atoms in total. The van der Waals surface area contributed by atoms with Crippen LogP contribution in [-0.2, 0) is 0 Å². The van der Waals surface area contributed by atoms with Gasteiger partial charge in [-0.1, -0.05) is 11.6 Å². The van der Waals surface area contributed by atoms with Crippen molar-refractivity contribution < 1.29 is 14.2 Å². The first-order chi connectivity index (χ1) is 6.65. The Morgan fingerprint density at radius 2 is 1.57 bits per heavy atom. The highest BCUT2D eigenvalue weighted by atomic mass is 35.5. The van der Waals surface area contributed by atoms with Gasteiger partial charge in [0.1, 0.15) is 10.8 Å². The van der Waals surface area contributed by atoms with E-state index in [-0.39, 0.29) is 0 Å². The van der Waals surface area contributed by atoms with Crippen molar-refractivity contribution in [3.8, 4) is 17.2 Å². The maximum atomic E-state index is 6.03. The molecule has 0 N–H and O–H groups in total. The van der Waals surface area contributed by atoms with E-state index in [9.17, 15) is 0 Å². The fourth-order valence-corrected chi connectivity index (χ4v) is 1.60. The fraction of sp³-hybridized carbons (Fsp3) is 0.400. The molecule has 4 heteroatoms. The number of benzene rings is 1. The molecule has 0 saturated heterocycles. The lowest BCUT2D eigenvalue weighted by molar-refractivity contribution is 0.347. The second kappa shape index (κ2) is 4.42. The highest BCUT2D eigenvalue weighted by Crippen LogP contribution is 2.43. The Hall–Kier alpha value is -1.09. The van der Waals surface area contributed by atoms with Gasteiger partial charge in [0, 0.05) is 0 Å². The Labute approximate surface area is 88.5 Å². The summed E-state index contributed by atoms with van der Waals surface area (Å²) in [4.78, 5) is 0. The minimum Gasteiger partial charge on any atom is -0.495 e. The summed E-state index contributed by atoms with van der Waals surface area (Å²) in [5.74, 6) is 1.73. The molecule has 0 aliphatic carbocycles. The third-order valence-electron chi connectivity index (χ3n) is 1.96. The molecule has 0 saturated carbocycles. The Balaban J connectivity index is 3.40. The van der Waals surface area contributed by atoms with E-state index >= 15 is 0 Å². The zero-order chi connectivity index (χ0) is 10.7. The predicted molar refractivity (Wildman–Crippen MR) is 55.8 cm³/mol. The molecule has 0 radical (unpaired) electrons. The van der Waals surface area contributed by atoms with Crippen molar-refractivity contribution in [3.05, 3.63) is 16.7 Å². The first kappa shape index (κ1) is 11.0. The number of methoxy groups -OCH3 is 3. The Kier molecular flexibility index (Phi) is 3.47. The summed E-state index contributed by atoms with van der Waals surface area (Å²) in [5, 5.41) is 0.428. The lowest BCUT2D eigenvalue weighted by Gasteiger charge is -2.14. The molecule has 1 rings (SSSR count). The number of aryl methyl sites for hydroxylation is 1. The summed E-state index contributed by atoms with van der Waals surface area (Å²) >= 11 is 6.03. The smallest absolute Gasteiger partial charge is 0.183 e. The number of ether oxygens (including phenoxy) is 3. The largest absolute Gasteiger partial charge is 0.495 e. The lowest BCUT2D eigenvalue weighted by Crippen LogP contribution is -1.96. The van der Waals surface area contributed by atoms with Gasteiger partial charge in [0.05, 0.1) is 21.3 Å². The summed E-state index contributed by atoms with van der Waals surface area (Å²) in [7, 11) is 4.68. The van der Waals surface area contributed by atoms with Crippen molar-refractivity contribution >= 4 is 11.6 Å². The molecule has 0 unspecified atom stereocenters. The fourth-order valence-electron chi connectivity index (χ4n) is 1.30. The third kappa shape index (κ3) is 1.73. The first-order valence-corrected chi connectivity index (χ1v) is 4.48. The van der Waals surface area contributed by atoms with Gasteiger partial charge >= 0.3 is 0 Å². The summed E-state index contributed by atoms with van der Waals surface area (Å²) in [6.45, 7) is 1.90. The molecule has 0 bridgehead atoms. The minimum atomic E-state index is 0.428. The average molecular weight is 217 g/mol. The lowest BCUT2D eigenvalue weighted by atomic mass is 10.2. The molecule has 1 aromatic rings. The van der Waals surface area contributed by atoms with Crippen LogP contribution in [0.3, 0.4) is 0 Å². The van der Waals surface area contributed by atoms with Crippen molar-refractivity contribution in [3.63, 3.8) is 0 Å². The molecular weight excluding hydrogens is 204 g/mol. The quantitative estimate of drug-likeness (QED) is 0.778. The van der Waals surface area contributed by atoms with E-state index in [1.807, 2.05) is 13.0 Å². The van der Waals surface area contributed by atoms with Crippen molar-refractivity contribution in [2.75, 3.05) is 21.3 Å². The van der Waals surface area contributed by atoms with Crippen molar-refractivity contribution in [1.29, 1.82) is 0 Å². The molecule has 1 aromatic carbocycles. The Bertz CT molecular complexity index is 337. The highest BCUT2D eigenvalue weighted by Gasteiger charge is 2.16. The normalized spacial score (nSPS) is 9.79. The van der Waals surface area contributed by atoms with Gasteiger partial charge in [0.25, 0.3) is 0 Å². The second-order valence-corrected chi connectivity index (χ2v) is 3.15. The minimum absolute atomic E-state index is 0.428. The molecular formula is C10H13ClO3. The van der Waals surface area contributed by atoms with Gasteiger partial charge in [-0.2, -0.15) is 0 Å². The molecule has 0 aliphatic rings. The topological polar surface area (TPSA) is 27.7 Å². The van der Waals surface area contributed by atoms with E-state index in [4.69, 9.17) is 25.8 Å². The molecule has 0 heterocycles. The highest BCUT2D eigenvalue weighted by molar-refractivity contribution is 6.33. The van der Waals surface area contributed by atoms with Gasteiger partial charge in [-0.15, -0.1) is 0 Å². The molecule has 14 heavy (non-hydrogen) atoms. The van der Waals surface area contributed by atoms with E-state index in [1.165, 1.54) is 0 Å². The van der Waals surface area contributed by atoms with E-state index < -0.39 is 0 Å². The summed E-state index contributed by atoms with van der Waals surface area (Å²) in [6, 6.07) is 1.81. The summed E-state index contributed by atoms with van der Waals surface area (Å²) in [5.41, 5.74) is 0.922. The van der Waals surface area contributed by atoms with Crippen LogP contribution in [0.1, 0.15) is 5.56 Å². The molecule has 0 aliphatic heterocycles. The van der Waals surface area contributed by atoms with Crippen LogP contribution in [0.4, 0.5) is 0 Å². The monoisotopic (exact) mass is 216 g/mol. The first-order valence-electron chi connectivity index (χ1n) is 4.10. The maximum absolute atomic E-state index is 6.03. The molecule has 0 fully saturated rings. The van der Waals surface area contributed by atoms with Gasteiger partial charge in [-0.25, -0.2) is 0 Å². The summed E-state index contributed by atoms with van der Waals surface area (Å²) in [6.07, 6.45) is 0. The average Bonchev–Trinajstić information content (AvgIpc) is 2.20. The van der Waals surface area contributed by atoms with E-state index in [0.717, 1.165) is 5.56 Å². The van der Waals surface area contributed by atoms with Gasteiger partial charge in [0.15, 0.2) is 11.5 Å². The van der Waals surface area contributed by atoms with E-state index in [2.05, 4.69) is 0 Å². The van der Waals surface area contributed by atoms with Crippen LogP contribution in [-0.4, -0.2) is 21.3 Å². The molecule has 0 spiro atoms. The number of hydrogen-bond acceptors (Lipinski definition) is 3. The maximum Gasteiger partial charge on any atom is 0.183 e. The number of hydrogen-bond donors (Lipinski definition) is 0. The number of rotatable bonds is 3. The van der Waals surface area contributed by atoms with Gasteiger partial charge in [0.2, 0.25) is 0 Å². The third-order valence-corrected chi connectivity index (χ3v) is 2.31. The van der Waals surface area contributed by atoms with Gasteiger partial charge < -0.3 is 14.2 Å². The van der Waals surface area contributed by atoms with Crippen molar-refractivity contribution in [1.82, 2.24) is 0 Å². The molecule has 0 amide bonds. The zero-order valence-corrected chi connectivity index (χ0v) is 9.44. The van der Waals surface area contributed by atoms with Crippen LogP contribution in [0.15, 0.2) is 6.07 Å². The number of halogens is 1. The van der Waals surface area contributed by atoms with Crippen molar-refractivity contribution in [2.45, 2.75) is 6.92 Å². The van der Waals surface area contributed by atoms with Crippen LogP contribution in [0.5, 0.6) is 17.2 Å². The van der Waals surface area contributed by atoms with Crippen LogP contribution < -0.4 is 14.2 Å². The standard InChI is InChI=1S/C10H13ClO3/c1-6-5-7(12-2)8(11)10(14-4)9(6)13-3/h5H,1-4H3. The van der Waals surface area contributed by atoms with E-state index in [1.54, 1.807) is 21.3 Å². The van der Waals surface area contributed by atoms with Crippen LogP contribution >= 0.6 is 11.6 Å². The Morgan fingerprint density at radius 3 is 2.00 bits per heavy atom. The molecule has 78 valence electrons. The Morgan fingerprint density at radius 1 is 1.00 bits per heavy atom. The van der Waals surface area contributed by atoms with E-state index in [0.29, 0.717) is 22.3 Å². The molecule has 0 aromatic heterocycles. The zero-order valence-electron chi connectivity index (χ0n) is 8.68. The van der Waals surface area contributed by atoms with Crippen molar-refractivity contribution in [2.24, 2.45) is 0 Å². The van der Waals surface area contributed by atoms with Gasteiger partial charge in [-0.05, 0) is 18.6 Å². The SMILES string of the molecule is COc1cc(C)c(OC)c(OC)c1Cl. The second-order valence-electron chi connectivity index (χ2n) is 2.78. The van der Waals surface area contributed by atoms with Gasteiger partial charge in [-0.3, -0.25) is 0 Å². The van der Waals surface area contributed by atoms with Crippen LogP contribution in [0, 0.1) is 6.92 Å². The van der Waals surface area contributed by atoms with Crippen LogP contribution in [0.25, 0.3) is 0 Å². The molecule has 0 atom stereocenters.